The minimum atomic E-state index is -0.0937. The lowest BCUT2D eigenvalue weighted by Crippen LogP contribution is -2.46. The number of nitrogens with zero attached hydrogens (tertiary/aromatic N) is 4. The molecule has 3 aliphatic rings. The summed E-state index contributed by atoms with van der Waals surface area (Å²) in [5, 5.41) is 1.96. The molecule has 10 heteroatoms. The molecule has 3 aliphatic heterocycles. The van der Waals surface area contributed by atoms with Gasteiger partial charge in [0.2, 0.25) is 0 Å². The van der Waals surface area contributed by atoms with Crippen LogP contribution in [0, 0.1) is 5.92 Å². The maximum Gasteiger partial charge on any atom is 0.255 e. The number of Topliss-reactive ketones (excluding diaryl/α,β-unsaturated/α-hetero) is 1. The molecule has 46 heavy (non-hydrogen) atoms. The minimum Gasteiger partial charge on any atom is -0.493 e. The SMILES string of the molecule is C=O.CCN1CCN(c2cccc3c2CN(C(CC2CCN(CC(=O)c4cccs4)CC2)c2ccc(OC)c(OC)c2)C3=O)CC1. The average Bonchev–Trinajstić information content (AvgIpc) is 3.77. The second kappa shape index (κ2) is 15.7. The number of amides is 1. The Morgan fingerprint density at radius 3 is 2.33 bits per heavy atom. The lowest BCUT2D eigenvalue weighted by atomic mass is 9.86. The Balaban J connectivity index is 0.00000204. The predicted octanol–water partition coefficient (Wildman–Crippen LogP) is 5.40. The molecule has 1 aromatic heterocycles. The number of likely N-dealkylation sites (tertiary alicyclic amines) is 1. The highest BCUT2D eigenvalue weighted by atomic mass is 32.1. The van der Waals surface area contributed by atoms with Gasteiger partial charge in [0, 0.05) is 49.5 Å². The molecule has 0 radical (unpaired) electrons. The summed E-state index contributed by atoms with van der Waals surface area (Å²) in [6.45, 7) is 12.2. The Labute approximate surface area is 276 Å². The van der Waals surface area contributed by atoms with Gasteiger partial charge in [0.15, 0.2) is 17.3 Å². The molecule has 0 spiro atoms. The number of rotatable bonds is 11. The highest BCUT2D eigenvalue weighted by molar-refractivity contribution is 7.12. The first kappa shape index (κ1) is 33.6. The number of thiophene rings is 1. The number of carbonyl (C=O) groups excluding carboxylic acids is 3. The lowest BCUT2D eigenvalue weighted by Gasteiger charge is -2.37. The maximum atomic E-state index is 14.1. The zero-order chi connectivity index (χ0) is 32.6. The molecule has 0 N–H and O–H groups in total. The molecule has 4 heterocycles. The largest absolute Gasteiger partial charge is 0.493 e. The van der Waals surface area contributed by atoms with Crippen molar-refractivity contribution < 1.29 is 23.9 Å². The molecule has 0 aliphatic carbocycles. The fraction of sp³-hybridized carbons (Fsp3) is 0.472. The zero-order valence-corrected chi connectivity index (χ0v) is 28.1. The van der Waals surface area contributed by atoms with Crippen molar-refractivity contribution in [1.29, 1.82) is 0 Å². The monoisotopic (exact) mass is 646 g/mol. The third-order valence-electron chi connectivity index (χ3n) is 9.73. The molecule has 1 atom stereocenters. The standard InChI is InChI=1S/C35H44N4O4S.CH2O/c1-4-36-16-18-38(19-17-36)29-8-5-7-27-28(29)23-39(35(27)41)30(26-10-11-32(42-2)33(22-26)43-3)21-25-12-14-37(15-13-25)24-31(40)34-9-6-20-44-34;1-2/h5-11,20,22,25,30H,4,12-19,21,23-24H2,1-3H3;1H2. The molecule has 2 saturated heterocycles. The number of likely N-dealkylation sites (N-methyl/N-ethyl adjacent to an activating group) is 1. The number of ketones is 1. The number of piperazine rings is 1. The van der Waals surface area contributed by atoms with Gasteiger partial charge in [-0.3, -0.25) is 14.5 Å². The van der Waals surface area contributed by atoms with Crippen LogP contribution in [-0.4, -0.2) is 99.8 Å². The fourth-order valence-corrected chi connectivity index (χ4v) is 7.77. The maximum absolute atomic E-state index is 14.1. The van der Waals surface area contributed by atoms with Crippen molar-refractivity contribution in [2.24, 2.45) is 5.92 Å². The van der Waals surface area contributed by atoms with E-state index < -0.39 is 0 Å². The van der Waals surface area contributed by atoms with Crippen LogP contribution >= 0.6 is 11.3 Å². The van der Waals surface area contributed by atoms with Crippen molar-refractivity contribution in [2.75, 3.05) is 71.5 Å². The van der Waals surface area contributed by atoms with Gasteiger partial charge in [-0.25, -0.2) is 0 Å². The van der Waals surface area contributed by atoms with E-state index in [1.165, 1.54) is 17.0 Å². The van der Waals surface area contributed by atoms with E-state index in [0.717, 1.165) is 86.6 Å². The van der Waals surface area contributed by atoms with E-state index in [4.69, 9.17) is 14.3 Å². The number of anilines is 1. The van der Waals surface area contributed by atoms with Crippen LogP contribution in [0.5, 0.6) is 11.5 Å². The van der Waals surface area contributed by atoms with E-state index in [9.17, 15) is 9.59 Å². The molecular weight excluding hydrogens is 600 g/mol. The number of benzene rings is 2. The van der Waals surface area contributed by atoms with Crippen LogP contribution in [0.3, 0.4) is 0 Å². The summed E-state index contributed by atoms with van der Waals surface area (Å²) in [6.07, 6.45) is 2.87. The van der Waals surface area contributed by atoms with Gasteiger partial charge < -0.3 is 29.0 Å². The second-order valence-corrected chi connectivity index (χ2v) is 13.1. The Kier molecular flexibility index (Phi) is 11.5. The van der Waals surface area contributed by atoms with E-state index >= 15 is 0 Å². The molecule has 2 fully saturated rings. The molecular formula is C36H46N4O5S. The molecule has 246 valence electrons. The summed E-state index contributed by atoms with van der Waals surface area (Å²) >= 11 is 1.51. The molecule has 9 nitrogen and oxygen atoms in total. The molecule has 6 rings (SSSR count). The summed E-state index contributed by atoms with van der Waals surface area (Å²) in [5.74, 6) is 2.11. The second-order valence-electron chi connectivity index (χ2n) is 12.1. The number of piperidine rings is 1. The number of carbonyl (C=O) groups is 3. The van der Waals surface area contributed by atoms with E-state index in [1.54, 1.807) is 14.2 Å². The topological polar surface area (TPSA) is 82.6 Å². The summed E-state index contributed by atoms with van der Waals surface area (Å²) in [6, 6.07) is 16.1. The zero-order valence-electron chi connectivity index (χ0n) is 27.3. The summed E-state index contributed by atoms with van der Waals surface area (Å²) in [5.41, 5.74) is 4.24. The predicted molar refractivity (Wildman–Crippen MR) is 182 cm³/mol. The van der Waals surface area contributed by atoms with Gasteiger partial charge in [-0.05, 0) is 86.1 Å². The number of hydrogen-bond donors (Lipinski definition) is 0. The Morgan fingerprint density at radius 2 is 1.67 bits per heavy atom. The molecule has 1 unspecified atom stereocenters. The number of ether oxygens (including phenoxy) is 2. The van der Waals surface area contributed by atoms with Gasteiger partial charge in [0.1, 0.15) is 6.79 Å². The normalized spacial score (nSPS) is 18.1. The van der Waals surface area contributed by atoms with Crippen LogP contribution in [0.2, 0.25) is 0 Å². The van der Waals surface area contributed by atoms with Crippen molar-refractivity contribution in [1.82, 2.24) is 14.7 Å². The lowest BCUT2D eigenvalue weighted by molar-refractivity contribution is -0.0980. The number of methoxy groups -OCH3 is 2. The molecule has 0 bridgehead atoms. The van der Waals surface area contributed by atoms with Gasteiger partial charge in [0.25, 0.3) is 5.91 Å². The van der Waals surface area contributed by atoms with Crippen LogP contribution in [0.1, 0.15) is 63.4 Å². The van der Waals surface area contributed by atoms with Gasteiger partial charge in [0.05, 0.1) is 31.7 Å². The highest BCUT2D eigenvalue weighted by Crippen LogP contribution is 2.42. The van der Waals surface area contributed by atoms with Gasteiger partial charge in [-0.15, -0.1) is 11.3 Å². The van der Waals surface area contributed by atoms with Crippen molar-refractivity contribution in [3.63, 3.8) is 0 Å². The first-order valence-electron chi connectivity index (χ1n) is 16.2. The fourth-order valence-electron chi connectivity index (χ4n) is 7.11. The van der Waals surface area contributed by atoms with Crippen LogP contribution < -0.4 is 14.4 Å². The Morgan fingerprint density at radius 1 is 0.935 bits per heavy atom. The summed E-state index contributed by atoms with van der Waals surface area (Å²) in [7, 11) is 3.31. The van der Waals surface area contributed by atoms with Gasteiger partial charge in [-0.1, -0.05) is 25.1 Å². The van der Waals surface area contributed by atoms with Crippen molar-refractivity contribution in [2.45, 2.75) is 38.8 Å². The molecule has 1 amide bonds. The Hall–Kier alpha value is -3.73. The smallest absolute Gasteiger partial charge is 0.255 e. The van der Waals surface area contributed by atoms with E-state index in [0.29, 0.717) is 30.5 Å². The van der Waals surface area contributed by atoms with Gasteiger partial charge >= 0.3 is 0 Å². The summed E-state index contributed by atoms with van der Waals surface area (Å²) in [4.78, 5) is 45.0. The minimum absolute atomic E-state index is 0.0937. The summed E-state index contributed by atoms with van der Waals surface area (Å²) < 4.78 is 11.2. The third-order valence-corrected chi connectivity index (χ3v) is 10.6. The average molecular weight is 647 g/mol. The van der Waals surface area contributed by atoms with E-state index in [2.05, 4.69) is 38.7 Å². The van der Waals surface area contributed by atoms with E-state index in [-0.39, 0.29) is 17.7 Å². The number of hydrogen-bond acceptors (Lipinski definition) is 9. The van der Waals surface area contributed by atoms with Gasteiger partial charge in [-0.2, -0.15) is 0 Å². The molecule has 3 aromatic rings. The van der Waals surface area contributed by atoms with Crippen molar-refractivity contribution in [3.05, 3.63) is 75.5 Å². The third kappa shape index (κ3) is 7.29. The van der Waals surface area contributed by atoms with Crippen molar-refractivity contribution >= 4 is 35.5 Å². The molecule has 2 aromatic carbocycles. The quantitative estimate of drug-likeness (QED) is 0.256. The van der Waals surface area contributed by atoms with Crippen LogP contribution in [0.4, 0.5) is 5.69 Å². The van der Waals surface area contributed by atoms with Crippen LogP contribution in [-0.2, 0) is 11.3 Å². The first-order valence-corrected chi connectivity index (χ1v) is 17.1. The van der Waals surface area contributed by atoms with Crippen molar-refractivity contribution in [3.8, 4) is 11.5 Å². The highest BCUT2D eigenvalue weighted by Gasteiger charge is 2.38. The van der Waals surface area contributed by atoms with Crippen LogP contribution in [0.15, 0.2) is 53.9 Å². The number of fused-ring (bicyclic) bond motifs is 1. The van der Waals surface area contributed by atoms with Crippen LogP contribution in [0.25, 0.3) is 0 Å². The Bertz CT molecular complexity index is 1470. The molecule has 0 saturated carbocycles. The van der Waals surface area contributed by atoms with E-state index in [1.807, 2.05) is 48.6 Å². The first-order chi connectivity index (χ1) is 22.5.